The zero-order chi connectivity index (χ0) is 9.68. The number of aromatic nitrogens is 1. The van der Waals surface area contributed by atoms with Gasteiger partial charge in [-0.05, 0) is 25.0 Å². The Balaban J connectivity index is 2.34. The summed E-state index contributed by atoms with van der Waals surface area (Å²) in [6.07, 6.45) is 5.11. The number of amides is 1. The second kappa shape index (κ2) is 4.70. The standard InChI is InChI=1S/C10H16N2O/c1-3-8(2)12-10(13)6-9-4-5-11-7-9/h4-5,7-8,11H,3,6H2,1-2H3,(H,12,13). The Hall–Kier alpha value is -1.25. The fourth-order valence-electron chi connectivity index (χ4n) is 1.08. The molecule has 1 atom stereocenters. The maximum absolute atomic E-state index is 11.4. The molecule has 72 valence electrons. The molecule has 1 amide bonds. The lowest BCUT2D eigenvalue weighted by Gasteiger charge is -2.10. The maximum atomic E-state index is 11.4. The van der Waals surface area contributed by atoms with Crippen LogP contribution in [0, 0.1) is 0 Å². The van der Waals surface area contributed by atoms with Gasteiger partial charge >= 0.3 is 0 Å². The normalized spacial score (nSPS) is 12.5. The Labute approximate surface area is 78.5 Å². The molecule has 0 aliphatic heterocycles. The fraction of sp³-hybridized carbons (Fsp3) is 0.500. The summed E-state index contributed by atoms with van der Waals surface area (Å²) >= 11 is 0. The lowest BCUT2D eigenvalue weighted by Crippen LogP contribution is -2.32. The fourth-order valence-corrected chi connectivity index (χ4v) is 1.08. The molecule has 1 heterocycles. The van der Waals surface area contributed by atoms with Crippen LogP contribution in [-0.4, -0.2) is 16.9 Å². The van der Waals surface area contributed by atoms with E-state index >= 15 is 0 Å². The highest BCUT2D eigenvalue weighted by Gasteiger charge is 2.05. The van der Waals surface area contributed by atoms with Crippen molar-refractivity contribution in [2.75, 3.05) is 0 Å². The lowest BCUT2D eigenvalue weighted by molar-refractivity contribution is -0.121. The van der Waals surface area contributed by atoms with Crippen molar-refractivity contribution >= 4 is 5.91 Å². The van der Waals surface area contributed by atoms with Crippen molar-refractivity contribution in [1.82, 2.24) is 10.3 Å². The third-order valence-corrected chi connectivity index (χ3v) is 2.05. The van der Waals surface area contributed by atoms with E-state index in [2.05, 4.69) is 17.2 Å². The predicted octanol–water partition coefficient (Wildman–Crippen LogP) is 1.47. The largest absolute Gasteiger partial charge is 0.367 e. The molecule has 1 rings (SSSR count). The van der Waals surface area contributed by atoms with Crippen LogP contribution in [0.2, 0.25) is 0 Å². The third-order valence-electron chi connectivity index (χ3n) is 2.05. The van der Waals surface area contributed by atoms with Crippen LogP contribution in [0.25, 0.3) is 0 Å². The highest BCUT2D eigenvalue weighted by Crippen LogP contribution is 1.98. The van der Waals surface area contributed by atoms with Gasteiger partial charge in [0.25, 0.3) is 0 Å². The Morgan fingerprint density at radius 2 is 2.46 bits per heavy atom. The molecule has 1 aromatic heterocycles. The third kappa shape index (κ3) is 3.32. The first-order valence-electron chi connectivity index (χ1n) is 4.63. The number of nitrogens with one attached hydrogen (secondary N) is 2. The van der Waals surface area contributed by atoms with E-state index in [-0.39, 0.29) is 11.9 Å². The summed E-state index contributed by atoms with van der Waals surface area (Å²) in [6, 6.07) is 2.18. The maximum Gasteiger partial charge on any atom is 0.224 e. The average Bonchev–Trinajstić information content (AvgIpc) is 2.56. The zero-order valence-corrected chi connectivity index (χ0v) is 8.13. The summed E-state index contributed by atoms with van der Waals surface area (Å²) in [6.45, 7) is 4.07. The van der Waals surface area contributed by atoms with Gasteiger partial charge in [-0.1, -0.05) is 6.92 Å². The Bertz CT molecular complexity index is 254. The van der Waals surface area contributed by atoms with E-state index in [1.54, 1.807) is 0 Å². The number of hydrogen-bond acceptors (Lipinski definition) is 1. The molecule has 1 unspecified atom stereocenters. The van der Waals surface area contributed by atoms with E-state index in [1.807, 2.05) is 25.4 Å². The molecule has 1 aromatic rings. The van der Waals surface area contributed by atoms with E-state index in [1.165, 1.54) is 0 Å². The highest BCUT2D eigenvalue weighted by atomic mass is 16.1. The average molecular weight is 180 g/mol. The van der Waals surface area contributed by atoms with E-state index in [4.69, 9.17) is 0 Å². The van der Waals surface area contributed by atoms with Crippen molar-refractivity contribution in [2.45, 2.75) is 32.7 Å². The van der Waals surface area contributed by atoms with Crippen LogP contribution in [0.3, 0.4) is 0 Å². The van der Waals surface area contributed by atoms with Crippen LogP contribution in [0.5, 0.6) is 0 Å². The molecule has 0 bridgehead atoms. The number of H-pyrrole nitrogens is 1. The van der Waals surface area contributed by atoms with E-state index in [0.29, 0.717) is 6.42 Å². The summed E-state index contributed by atoms with van der Waals surface area (Å²) in [5.41, 5.74) is 1.03. The first kappa shape index (κ1) is 9.84. The van der Waals surface area contributed by atoms with E-state index in [9.17, 15) is 4.79 Å². The minimum atomic E-state index is 0.0916. The zero-order valence-electron chi connectivity index (χ0n) is 8.13. The number of hydrogen-bond donors (Lipinski definition) is 2. The summed E-state index contributed by atoms with van der Waals surface area (Å²) in [5, 5.41) is 2.92. The molecule has 0 aliphatic rings. The molecule has 3 heteroatoms. The molecule has 0 spiro atoms. The van der Waals surface area contributed by atoms with Gasteiger partial charge in [0.2, 0.25) is 5.91 Å². The predicted molar refractivity (Wildman–Crippen MR) is 52.4 cm³/mol. The van der Waals surface area contributed by atoms with Crippen molar-refractivity contribution < 1.29 is 4.79 Å². The van der Waals surface area contributed by atoms with Crippen molar-refractivity contribution in [3.05, 3.63) is 24.0 Å². The van der Waals surface area contributed by atoms with Gasteiger partial charge in [0.1, 0.15) is 0 Å². The quantitative estimate of drug-likeness (QED) is 0.724. The van der Waals surface area contributed by atoms with Gasteiger partial charge in [0, 0.05) is 18.4 Å². The van der Waals surface area contributed by atoms with Crippen LogP contribution in [0.15, 0.2) is 18.5 Å². The van der Waals surface area contributed by atoms with E-state index < -0.39 is 0 Å². The second-order valence-corrected chi connectivity index (χ2v) is 3.27. The Morgan fingerprint density at radius 1 is 1.69 bits per heavy atom. The lowest BCUT2D eigenvalue weighted by atomic mass is 10.2. The van der Waals surface area contributed by atoms with Gasteiger partial charge in [-0.25, -0.2) is 0 Å². The van der Waals surface area contributed by atoms with Gasteiger partial charge in [0.05, 0.1) is 6.42 Å². The van der Waals surface area contributed by atoms with Crippen LogP contribution < -0.4 is 5.32 Å². The van der Waals surface area contributed by atoms with Crippen molar-refractivity contribution in [2.24, 2.45) is 0 Å². The minimum Gasteiger partial charge on any atom is -0.367 e. The number of rotatable bonds is 4. The molecule has 0 aliphatic carbocycles. The molecule has 0 saturated heterocycles. The van der Waals surface area contributed by atoms with Gasteiger partial charge in [-0.3, -0.25) is 4.79 Å². The Morgan fingerprint density at radius 3 is 3.00 bits per heavy atom. The van der Waals surface area contributed by atoms with Crippen LogP contribution >= 0.6 is 0 Å². The minimum absolute atomic E-state index is 0.0916. The first-order chi connectivity index (χ1) is 6.22. The monoisotopic (exact) mass is 180 g/mol. The number of carbonyl (C=O) groups excluding carboxylic acids is 1. The number of carbonyl (C=O) groups is 1. The summed E-state index contributed by atoms with van der Waals surface area (Å²) in [4.78, 5) is 14.3. The van der Waals surface area contributed by atoms with Gasteiger partial charge in [0.15, 0.2) is 0 Å². The first-order valence-corrected chi connectivity index (χ1v) is 4.63. The molecular weight excluding hydrogens is 164 g/mol. The molecule has 13 heavy (non-hydrogen) atoms. The molecule has 0 saturated carbocycles. The van der Waals surface area contributed by atoms with E-state index in [0.717, 1.165) is 12.0 Å². The highest BCUT2D eigenvalue weighted by molar-refractivity contribution is 5.78. The SMILES string of the molecule is CCC(C)NC(=O)Cc1cc[nH]c1. The second-order valence-electron chi connectivity index (χ2n) is 3.27. The molecular formula is C10H16N2O. The van der Waals surface area contributed by atoms with Gasteiger partial charge < -0.3 is 10.3 Å². The van der Waals surface area contributed by atoms with Crippen molar-refractivity contribution in [1.29, 1.82) is 0 Å². The molecule has 0 radical (unpaired) electrons. The van der Waals surface area contributed by atoms with Crippen molar-refractivity contribution in [3.63, 3.8) is 0 Å². The summed E-state index contributed by atoms with van der Waals surface area (Å²) in [7, 11) is 0. The summed E-state index contributed by atoms with van der Waals surface area (Å²) in [5.74, 6) is 0.0916. The van der Waals surface area contributed by atoms with Crippen LogP contribution in [-0.2, 0) is 11.2 Å². The topological polar surface area (TPSA) is 44.9 Å². The molecule has 0 aromatic carbocycles. The number of aromatic amines is 1. The molecule has 2 N–H and O–H groups in total. The smallest absolute Gasteiger partial charge is 0.224 e. The van der Waals surface area contributed by atoms with Gasteiger partial charge in [-0.15, -0.1) is 0 Å². The Kier molecular flexibility index (Phi) is 3.55. The van der Waals surface area contributed by atoms with Crippen molar-refractivity contribution in [3.8, 4) is 0 Å². The van der Waals surface area contributed by atoms with Crippen LogP contribution in [0.4, 0.5) is 0 Å². The molecule has 3 nitrogen and oxygen atoms in total. The van der Waals surface area contributed by atoms with Crippen LogP contribution in [0.1, 0.15) is 25.8 Å². The summed E-state index contributed by atoms with van der Waals surface area (Å²) < 4.78 is 0. The molecule has 0 fully saturated rings. The van der Waals surface area contributed by atoms with Gasteiger partial charge in [-0.2, -0.15) is 0 Å².